The summed E-state index contributed by atoms with van der Waals surface area (Å²) in [5, 5.41) is 10.6. The first kappa shape index (κ1) is 17.3. The highest BCUT2D eigenvalue weighted by atomic mass is 16.5. The van der Waals surface area contributed by atoms with Crippen LogP contribution in [0.5, 0.6) is 11.5 Å². The second-order valence-electron chi connectivity index (χ2n) is 10.6. The lowest BCUT2D eigenvalue weighted by atomic mass is 9.43. The van der Waals surface area contributed by atoms with Crippen LogP contribution in [0.2, 0.25) is 0 Å². The molecule has 150 valence electrons. The Morgan fingerprint density at radius 1 is 1.29 bits per heavy atom. The number of hydrogen-bond acceptors (Lipinski definition) is 4. The fourth-order valence-electron chi connectivity index (χ4n) is 7.58. The van der Waals surface area contributed by atoms with E-state index in [1.807, 2.05) is 0 Å². The average molecular weight is 382 g/mol. The van der Waals surface area contributed by atoms with Gasteiger partial charge < -0.3 is 9.84 Å². The van der Waals surface area contributed by atoms with Gasteiger partial charge in [0.05, 0.1) is 0 Å². The summed E-state index contributed by atoms with van der Waals surface area (Å²) in [5.74, 6) is 2.72. The van der Waals surface area contributed by atoms with Gasteiger partial charge in [-0.2, -0.15) is 0 Å². The van der Waals surface area contributed by atoms with Crippen LogP contribution in [0.15, 0.2) is 12.1 Å². The van der Waals surface area contributed by atoms with Gasteiger partial charge in [0.25, 0.3) is 0 Å². The zero-order valence-electron chi connectivity index (χ0n) is 17.2. The Kier molecular flexibility index (Phi) is 3.29. The number of ether oxygens (including phenoxy) is 1. The summed E-state index contributed by atoms with van der Waals surface area (Å²) >= 11 is 0. The smallest absolute Gasteiger partial charge is 0.180 e. The highest BCUT2D eigenvalue weighted by Crippen LogP contribution is 2.67. The molecule has 2 aliphatic heterocycles. The molecule has 1 aromatic carbocycles. The third-order valence-corrected chi connectivity index (χ3v) is 8.98. The van der Waals surface area contributed by atoms with E-state index in [1.165, 1.54) is 30.5 Å². The van der Waals surface area contributed by atoms with Gasteiger partial charge in [0, 0.05) is 29.0 Å². The number of carbonyl (C=O) groups excluding carboxylic acids is 1. The molecule has 1 saturated heterocycles. The summed E-state index contributed by atoms with van der Waals surface area (Å²) in [7, 11) is 0. The van der Waals surface area contributed by atoms with Gasteiger partial charge in [-0.15, -0.1) is 0 Å². The SMILES string of the molecule is CC[C@@H]1[C@H]2[C@H]3Cc4ccc(O)c5c4[C@@]2(CCN3CC2CC2)[C@H](O5)C(=O)C1(C)C. The van der Waals surface area contributed by atoms with Crippen LogP contribution in [0.4, 0.5) is 0 Å². The maximum atomic E-state index is 13.7. The van der Waals surface area contributed by atoms with Crippen molar-refractivity contribution >= 4 is 5.78 Å². The molecule has 6 rings (SSSR count). The van der Waals surface area contributed by atoms with Crippen molar-refractivity contribution in [2.24, 2.45) is 23.2 Å². The molecule has 1 spiro atoms. The van der Waals surface area contributed by atoms with E-state index in [0.717, 1.165) is 31.7 Å². The number of benzene rings is 1. The van der Waals surface area contributed by atoms with Gasteiger partial charge >= 0.3 is 0 Å². The minimum atomic E-state index is -0.428. The Morgan fingerprint density at radius 3 is 2.79 bits per heavy atom. The summed E-state index contributed by atoms with van der Waals surface area (Å²) in [5.41, 5.74) is 1.87. The second-order valence-corrected chi connectivity index (χ2v) is 10.6. The molecular formula is C24H31NO3. The lowest BCUT2D eigenvalue weighted by Crippen LogP contribution is -2.72. The Labute approximate surface area is 167 Å². The van der Waals surface area contributed by atoms with E-state index in [2.05, 4.69) is 31.7 Å². The van der Waals surface area contributed by atoms with E-state index < -0.39 is 6.10 Å². The molecule has 2 bridgehead atoms. The number of carbonyl (C=O) groups is 1. The minimum Gasteiger partial charge on any atom is -0.504 e. The van der Waals surface area contributed by atoms with Crippen molar-refractivity contribution < 1.29 is 14.6 Å². The molecule has 0 amide bonds. The average Bonchev–Trinajstić information content (AvgIpc) is 3.41. The predicted octanol–water partition coefficient (Wildman–Crippen LogP) is 3.68. The van der Waals surface area contributed by atoms with Crippen molar-refractivity contribution in [3.63, 3.8) is 0 Å². The van der Waals surface area contributed by atoms with Crippen LogP contribution in [-0.2, 0) is 16.6 Å². The van der Waals surface area contributed by atoms with Gasteiger partial charge in [0.15, 0.2) is 23.4 Å². The van der Waals surface area contributed by atoms with Crippen molar-refractivity contribution in [3.8, 4) is 11.5 Å². The number of Topliss-reactive ketones (excluding diaryl/α,β-unsaturated/α-hetero) is 1. The highest BCUT2D eigenvalue weighted by Gasteiger charge is 2.71. The van der Waals surface area contributed by atoms with Gasteiger partial charge in [-0.3, -0.25) is 9.69 Å². The second kappa shape index (κ2) is 5.33. The molecule has 3 aliphatic carbocycles. The van der Waals surface area contributed by atoms with Gasteiger partial charge in [-0.25, -0.2) is 0 Å². The largest absolute Gasteiger partial charge is 0.504 e. The number of phenols is 1. The van der Waals surface area contributed by atoms with Crippen LogP contribution >= 0.6 is 0 Å². The van der Waals surface area contributed by atoms with Gasteiger partial charge in [-0.1, -0.05) is 33.3 Å². The van der Waals surface area contributed by atoms with E-state index in [4.69, 9.17) is 4.74 Å². The molecule has 0 unspecified atom stereocenters. The molecule has 0 radical (unpaired) electrons. The topological polar surface area (TPSA) is 49.8 Å². The molecule has 5 atom stereocenters. The lowest BCUT2D eigenvalue weighted by molar-refractivity contribution is -0.165. The van der Waals surface area contributed by atoms with E-state index in [1.54, 1.807) is 6.07 Å². The summed E-state index contributed by atoms with van der Waals surface area (Å²) in [6.07, 6.45) is 5.35. The number of ketones is 1. The maximum absolute atomic E-state index is 13.7. The zero-order valence-corrected chi connectivity index (χ0v) is 17.2. The Morgan fingerprint density at radius 2 is 2.07 bits per heavy atom. The molecule has 4 heteroatoms. The molecule has 0 aromatic heterocycles. The number of piperidine rings is 1. The zero-order chi connectivity index (χ0) is 19.4. The molecule has 1 aromatic rings. The number of phenolic OH excluding ortho intramolecular Hbond substituents is 1. The number of hydrogen-bond donors (Lipinski definition) is 1. The molecule has 4 nitrogen and oxygen atoms in total. The van der Waals surface area contributed by atoms with Crippen LogP contribution in [0.25, 0.3) is 0 Å². The van der Waals surface area contributed by atoms with E-state index >= 15 is 0 Å². The summed E-state index contributed by atoms with van der Waals surface area (Å²) in [6, 6.07) is 4.35. The number of rotatable bonds is 3. The Bertz CT molecular complexity index is 873. The fourth-order valence-corrected chi connectivity index (χ4v) is 7.58. The lowest BCUT2D eigenvalue weighted by Gasteiger charge is -2.63. The maximum Gasteiger partial charge on any atom is 0.180 e. The predicted molar refractivity (Wildman–Crippen MR) is 107 cm³/mol. The molecule has 2 heterocycles. The van der Waals surface area contributed by atoms with E-state index in [-0.39, 0.29) is 22.4 Å². The number of likely N-dealkylation sites (tertiary alicyclic amines) is 1. The first-order chi connectivity index (χ1) is 13.4. The monoisotopic (exact) mass is 381 g/mol. The van der Waals surface area contributed by atoms with Gasteiger partial charge in [-0.05, 0) is 61.6 Å². The van der Waals surface area contributed by atoms with Crippen molar-refractivity contribution in [1.82, 2.24) is 4.90 Å². The van der Waals surface area contributed by atoms with Gasteiger partial charge in [0.1, 0.15) is 0 Å². The van der Waals surface area contributed by atoms with Crippen LogP contribution in [-0.4, -0.2) is 41.0 Å². The van der Waals surface area contributed by atoms with Gasteiger partial charge in [0.2, 0.25) is 0 Å². The third-order valence-electron chi connectivity index (χ3n) is 8.98. The molecular weight excluding hydrogens is 350 g/mol. The van der Waals surface area contributed by atoms with Crippen molar-refractivity contribution in [3.05, 3.63) is 23.3 Å². The van der Waals surface area contributed by atoms with Crippen molar-refractivity contribution in [2.45, 2.75) is 70.4 Å². The summed E-state index contributed by atoms with van der Waals surface area (Å²) in [4.78, 5) is 16.5. The fraction of sp³-hybridized carbons (Fsp3) is 0.708. The van der Waals surface area contributed by atoms with Crippen LogP contribution in [0.1, 0.15) is 57.6 Å². The molecule has 5 aliphatic rings. The normalized spacial score (nSPS) is 40.2. The molecule has 2 saturated carbocycles. The summed E-state index contributed by atoms with van der Waals surface area (Å²) in [6.45, 7) is 8.80. The van der Waals surface area contributed by atoms with Crippen molar-refractivity contribution in [1.29, 1.82) is 0 Å². The highest BCUT2D eigenvalue weighted by molar-refractivity contribution is 5.94. The van der Waals surface area contributed by atoms with E-state index in [0.29, 0.717) is 23.6 Å². The quantitative estimate of drug-likeness (QED) is 0.868. The minimum absolute atomic E-state index is 0.207. The molecule has 28 heavy (non-hydrogen) atoms. The molecule has 3 fully saturated rings. The van der Waals surface area contributed by atoms with Crippen LogP contribution in [0.3, 0.4) is 0 Å². The van der Waals surface area contributed by atoms with Crippen LogP contribution in [0, 0.1) is 23.2 Å². The van der Waals surface area contributed by atoms with Crippen molar-refractivity contribution in [2.75, 3.05) is 13.1 Å². The first-order valence-electron chi connectivity index (χ1n) is 11.2. The molecule has 1 N–H and O–H groups in total. The Balaban J connectivity index is 1.58. The number of nitrogens with zero attached hydrogens (tertiary/aromatic N) is 1. The standard InChI is InChI=1S/C24H31NO3/c1-4-15-19-16-11-14-7-8-17(26)20-18(14)24(19,9-10-25(16)12-13-5-6-13)22(28-20)21(27)23(15,2)3/h7-8,13,15-16,19,22,26H,4-6,9-12H2,1-3H3/t15-,16-,19+,22-,24-/m1/s1. The third kappa shape index (κ3) is 1.89. The first-order valence-corrected chi connectivity index (χ1v) is 11.2. The van der Waals surface area contributed by atoms with Crippen LogP contribution < -0.4 is 4.74 Å². The summed E-state index contributed by atoms with van der Waals surface area (Å²) < 4.78 is 6.36. The number of aromatic hydroxyl groups is 1. The Hall–Kier alpha value is -1.55. The van der Waals surface area contributed by atoms with E-state index in [9.17, 15) is 9.90 Å².